The molecule has 0 saturated heterocycles. The number of nitro groups is 1. The lowest BCUT2D eigenvalue weighted by Gasteiger charge is -2.01. The van der Waals surface area contributed by atoms with Crippen LogP contribution in [0.2, 0.25) is 5.02 Å². The van der Waals surface area contributed by atoms with Gasteiger partial charge in [-0.15, -0.1) is 0 Å². The van der Waals surface area contributed by atoms with Crippen molar-refractivity contribution in [2.75, 3.05) is 6.61 Å². The van der Waals surface area contributed by atoms with E-state index in [1.165, 1.54) is 24.3 Å². The number of carbonyl (C=O) groups is 2. The molecular formula is C19H13ClN2O6. The molecule has 8 nitrogen and oxygen atoms in total. The fourth-order valence-corrected chi connectivity index (χ4v) is 2.59. The predicted molar refractivity (Wildman–Crippen MR) is 101 cm³/mol. The van der Waals surface area contributed by atoms with Crippen molar-refractivity contribution in [2.24, 2.45) is 4.99 Å². The Morgan fingerprint density at radius 3 is 2.64 bits per heavy atom. The molecule has 0 bridgehead atoms. The number of aliphatic imine (C=N–C) groups is 1. The molecule has 1 heterocycles. The van der Waals surface area contributed by atoms with E-state index in [1.54, 1.807) is 31.2 Å². The Kier molecular flexibility index (Phi) is 5.51. The van der Waals surface area contributed by atoms with Gasteiger partial charge in [-0.1, -0.05) is 23.7 Å². The van der Waals surface area contributed by atoms with E-state index >= 15 is 0 Å². The van der Waals surface area contributed by atoms with E-state index in [4.69, 9.17) is 21.1 Å². The molecule has 0 unspecified atom stereocenters. The van der Waals surface area contributed by atoms with Crippen LogP contribution >= 0.6 is 11.6 Å². The second-order valence-electron chi connectivity index (χ2n) is 5.60. The Hall–Kier alpha value is -3.52. The molecule has 0 aliphatic carbocycles. The van der Waals surface area contributed by atoms with Gasteiger partial charge in [0.2, 0.25) is 5.90 Å². The molecule has 0 amide bonds. The monoisotopic (exact) mass is 400 g/mol. The number of carbonyl (C=O) groups excluding carboxylic acids is 2. The maximum absolute atomic E-state index is 12.1. The number of halogens is 1. The molecule has 1 aliphatic heterocycles. The number of rotatable bonds is 5. The van der Waals surface area contributed by atoms with Crippen molar-refractivity contribution in [3.63, 3.8) is 0 Å². The van der Waals surface area contributed by atoms with Crippen molar-refractivity contribution in [1.29, 1.82) is 0 Å². The lowest BCUT2D eigenvalue weighted by Crippen LogP contribution is -2.06. The fourth-order valence-electron chi connectivity index (χ4n) is 2.41. The lowest BCUT2D eigenvalue weighted by atomic mass is 10.1. The Morgan fingerprint density at radius 2 is 2.00 bits per heavy atom. The van der Waals surface area contributed by atoms with Gasteiger partial charge in [0.25, 0.3) is 5.69 Å². The molecule has 2 aromatic carbocycles. The molecule has 1 aliphatic rings. The van der Waals surface area contributed by atoms with E-state index < -0.39 is 16.9 Å². The number of hydrogen-bond donors (Lipinski definition) is 0. The first kappa shape index (κ1) is 19.2. The van der Waals surface area contributed by atoms with Crippen LogP contribution in [0.1, 0.15) is 28.4 Å². The number of nitrogens with zero attached hydrogens (tertiary/aromatic N) is 2. The highest BCUT2D eigenvalue weighted by atomic mass is 35.5. The zero-order valence-electron chi connectivity index (χ0n) is 14.5. The van der Waals surface area contributed by atoms with E-state index in [1.807, 2.05) is 0 Å². The number of nitro benzene ring substituents is 1. The number of cyclic esters (lactones) is 1. The zero-order chi connectivity index (χ0) is 20.3. The van der Waals surface area contributed by atoms with Gasteiger partial charge >= 0.3 is 11.9 Å². The standard InChI is InChI=1S/C19H13ClN2O6/c1-2-27-18(23)12-5-3-11(4-6-12)9-15-19(24)28-17(21-15)13-7-8-14(20)16(10-13)22(25)26/h3-10H,2H2,1H3/b15-9-. The van der Waals surface area contributed by atoms with Gasteiger partial charge < -0.3 is 9.47 Å². The molecule has 0 saturated carbocycles. The van der Waals surface area contributed by atoms with E-state index in [9.17, 15) is 19.7 Å². The molecule has 0 aromatic heterocycles. The minimum Gasteiger partial charge on any atom is -0.462 e. The molecule has 28 heavy (non-hydrogen) atoms. The first-order valence-electron chi connectivity index (χ1n) is 8.13. The largest absolute Gasteiger partial charge is 0.462 e. The van der Waals surface area contributed by atoms with Crippen LogP contribution in [0.5, 0.6) is 0 Å². The summed E-state index contributed by atoms with van der Waals surface area (Å²) in [5.74, 6) is -1.19. The predicted octanol–water partition coefficient (Wildman–Crippen LogP) is 3.77. The van der Waals surface area contributed by atoms with Crippen LogP contribution in [0.15, 0.2) is 53.2 Å². The first-order chi connectivity index (χ1) is 13.4. The van der Waals surface area contributed by atoms with Crippen molar-refractivity contribution in [1.82, 2.24) is 0 Å². The van der Waals surface area contributed by atoms with Crippen LogP contribution in [0.4, 0.5) is 5.69 Å². The highest BCUT2D eigenvalue weighted by Gasteiger charge is 2.26. The van der Waals surface area contributed by atoms with Crippen LogP contribution in [-0.2, 0) is 14.3 Å². The van der Waals surface area contributed by atoms with Crippen LogP contribution < -0.4 is 0 Å². The summed E-state index contributed by atoms with van der Waals surface area (Å²) in [5.41, 5.74) is 0.967. The van der Waals surface area contributed by atoms with Gasteiger partial charge in [-0.3, -0.25) is 10.1 Å². The third-order valence-electron chi connectivity index (χ3n) is 3.74. The summed E-state index contributed by atoms with van der Waals surface area (Å²) in [4.78, 5) is 38.2. The summed E-state index contributed by atoms with van der Waals surface area (Å²) >= 11 is 5.78. The molecule has 9 heteroatoms. The average Bonchev–Trinajstić information content (AvgIpc) is 3.03. The van der Waals surface area contributed by atoms with Crippen molar-refractivity contribution in [3.05, 3.63) is 80.0 Å². The van der Waals surface area contributed by atoms with Gasteiger partial charge in [-0.05, 0) is 42.8 Å². The number of benzene rings is 2. The Labute approximate surface area is 164 Å². The lowest BCUT2D eigenvalue weighted by molar-refractivity contribution is -0.384. The Morgan fingerprint density at radius 1 is 1.29 bits per heavy atom. The molecule has 142 valence electrons. The molecule has 2 aromatic rings. The van der Waals surface area contributed by atoms with E-state index in [0.717, 1.165) is 0 Å². The topological polar surface area (TPSA) is 108 Å². The number of esters is 2. The van der Waals surface area contributed by atoms with Gasteiger partial charge in [0.15, 0.2) is 5.70 Å². The van der Waals surface area contributed by atoms with Crippen molar-refractivity contribution < 1.29 is 24.0 Å². The summed E-state index contributed by atoms with van der Waals surface area (Å²) in [6.45, 7) is 1.99. The maximum Gasteiger partial charge on any atom is 0.363 e. The third kappa shape index (κ3) is 4.07. The zero-order valence-corrected chi connectivity index (χ0v) is 15.3. The van der Waals surface area contributed by atoms with Gasteiger partial charge in [0, 0.05) is 11.6 Å². The van der Waals surface area contributed by atoms with E-state index in [0.29, 0.717) is 11.1 Å². The van der Waals surface area contributed by atoms with Crippen LogP contribution in [0, 0.1) is 10.1 Å². The van der Waals surface area contributed by atoms with Gasteiger partial charge in [0.1, 0.15) is 5.02 Å². The normalized spacial score (nSPS) is 14.6. The van der Waals surface area contributed by atoms with Crippen LogP contribution in [0.25, 0.3) is 6.08 Å². The summed E-state index contributed by atoms with van der Waals surface area (Å²) in [6, 6.07) is 10.4. The van der Waals surface area contributed by atoms with Crippen molar-refractivity contribution >= 4 is 41.2 Å². The minimum atomic E-state index is -0.693. The van der Waals surface area contributed by atoms with E-state index in [2.05, 4.69) is 4.99 Å². The second-order valence-corrected chi connectivity index (χ2v) is 6.01. The molecule has 0 radical (unpaired) electrons. The summed E-state index contributed by atoms with van der Waals surface area (Å²) < 4.78 is 10.0. The highest BCUT2D eigenvalue weighted by Crippen LogP contribution is 2.27. The summed E-state index contributed by atoms with van der Waals surface area (Å²) in [7, 11) is 0. The van der Waals surface area contributed by atoms with Gasteiger partial charge in [-0.25, -0.2) is 14.6 Å². The second kappa shape index (κ2) is 8.01. The van der Waals surface area contributed by atoms with E-state index in [-0.39, 0.29) is 34.5 Å². The maximum atomic E-state index is 12.1. The Balaban J connectivity index is 1.87. The van der Waals surface area contributed by atoms with Crippen molar-refractivity contribution in [2.45, 2.75) is 6.92 Å². The average molecular weight is 401 g/mol. The smallest absolute Gasteiger partial charge is 0.363 e. The molecule has 0 spiro atoms. The minimum absolute atomic E-state index is 0.0245. The molecule has 0 fully saturated rings. The first-order valence-corrected chi connectivity index (χ1v) is 8.51. The van der Waals surface area contributed by atoms with Gasteiger partial charge in [-0.2, -0.15) is 0 Å². The fraction of sp³-hybridized carbons (Fsp3) is 0.105. The summed E-state index contributed by atoms with van der Waals surface area (Å²) in [5, 5.41) is 11.0. The number of ether oxygens (including phenoxy) is 2. The molecule has 0 N–H and O–H groups in total. The van der Waals surface area contributed by atoms with Crippen LogP contribution in [-0.4, -0.2) is 29.4 Å². The molecular weight excluding hydrogens is 388 g/mol. The SMILES string of the molecule is CCOC(=O)c1ccc(/C=C2\N=C(c3ccc(Cl)c([N+](=O)[O-])c3)OC2=O)cc1. The Bertz CT molecular complexity index is 1030. The third-order valence-corrected chi connectivity index (χ3v) is 4.06. The molecule has 0 atom stereocenters. The quantitative estimate of drug-likeness (QED) is 0.327. The van der Waals surface area contributed by atoms with Gasteiger partial charge in [0.05, 0.1) is 17.1 Å². The highest BCUT2D eigenvalue weighted by molar-refractivity contribution is 6.32. The van der Waals surface area contributed by atoms with Crippen molar-refractivity contribution in [3.8, 4) is 0 Å². The summed E-state index contributed by atoms with van der Waals surface area (Å²) in [6.07, 6.45) is 1.48. The van der Waals surface area contributed by atoms with Crippen LogP contribution in [0.3, 0.4) is 0 Å². The number of hydrogen-bond acceptors (Lipinski definition) is 7. The molecule has 3 rings (SSSR count).